The summed E-state index contributed by atoms with van der Waals surface area (Å²) >= 11 is 0. The molecule has 0 aliphatic carbocycles. The number of hydrogen-bond acceptors (Lipinski definition) is 5. The van der Waals surface area contributed by atoms with Gasteiger partial charge < -0.3 is 10.5 Å². The number of nitrogens with zero attached hydrogens (tertiary/aromatic N) is 1. The van der Waals surface area contributed by atoms with Crippen molar-refractivity contribution < 1.29 is 17.9 Å². The molecule has 0 aromatic heterocycles. The molecule has 0 unspecified atom stereocenters. The lowest BCUT2D eigenvalue weighted by Crippen LogP contribution is -2.35. The van der Waals surface area contributed by atoms with Crippen molar-refractivity contribution >= 4 is 16.0 Å². The standard InChI is InChI=1S/C13H18N2O4S/c1-8-9(12(6-14)15(2)20(3,17)18)4-5-10-11(8)7-19-13(10)16/h4-5,12H,6-7,14H2,1-3H3/t12-/m0/s1. The molecule has 0 fully saturated rings. The van der Waals surface area contributed by atoms with Gasteiger partial charge in [-0.05, 0) is 24.1 Å². The van der Waals surface area contributed by atoms with E-state index in [1.165, 1.54) is 11.4 Å². The van der Waals surface area contributed by atoms with Gasteiger partial charge in [-0.15, -0.1) is 0 Å². The van der Waals surface area contributed by atoms with Crippen LogP contribution in [0.2, 0.25) is 0 Å². The molecule has 0 saturated heterocycles. The lowest BCUT2D eigenvalue weighted by molar-refractivity contribution is 0.0535. The molecule has 1 aromatic carbocycles. The first-order valence-electron chi connectivity index (χ1n) is 6.20. The molecule has 0 radical (unpaired) electrons. The number of likely N-dealkylation sites (N-methyl/N-ethyl adjacent to an activating group) is 1. The molecule has 2 N–H and O–H groups in total. The molecule has 0 spiro atoms. The molecule has 7 heteroatoms. The first kappa shape index (κ1) is 15.0. The summed E-state index contributed by atoms with van der Waals surface area (Å²) in [7, 11) is -1.85. The van der Waals surface area contributed by atoms with Crippen LogP contribution in [0.3, 0.4) is 0 Å². The van der Waals surface area contributed by atoms with Crippen LogP contribution in [0.1, 0.15) is 33.1 Å². The van der Waals surface area contributed by atoms with Gasteiger partial charge in [0, 0.05) is 19.2 Å². The fourth-order valence-electron chi connectivity index (χ4n) is 2.43. The van der Waals surface area contributed by atoms with E-state index in [2.05, 4.69) is 0 Å². The highest BCUT2D eigenvalue weighted by Gasteiger charge is 2.29. The fourth-order valence-corrected chi connectivity index (χ4v) is 3.09. The van der Waals surface area contributed by atoms with Crippen LogP contribution < -0.4 is 5.73 Å². The third-order valence-electron chi connectivity index (χ3n) is 3.75. The van der Waals surface area contributed by atoms with E-state index in [0.29, 0.717) is 5.56 Å². The highest BCUT2D eigenvalue weighted by atomic mass is 32.2. The number of hydrogen-bond donors (Lipinski definition) is 1. The van der Waals surface area contributed by atoms with E-state index >= 15 is 0 Å². The number of benzene rings is 1. The lowest BCUT2D eigenvalue weighted by atomic mass is 9.94. The van der Waals surface area contributed by atoms with Gasteiger partial charge in [0.15, 0.2) is 0 Å². The van der Waals surface area contributed by atoms with Crippen molar-refractivity contribution in [3.8, 4) is 0 Å². The van der Waals surface area contributed by atoms with Crippen molar-refractivity contribution in [2.75, 3.05) is 19.8 Å². The predicted molar refractivity (Wildman–Crippen MR) is 74.7 cm³/mol. The number of carbonyl (C=O) groups excluding carboxylic acids is 1. The van der Waals surface area contributed by atoms with Crippen molar-refractivity contribution in [2.45, 2.75) is 19.6 Å². The number of ether oxygens (including phenoxy) is 1. The van der Waals surface area contributed by atoms with Gasteiger partial charge in [0.1, 0.15) is 6.61 Å². The van der Waals surface area contributed by atoms with E-state index < -0.39 is 16.1 Å². The molecule has 1 heterocycles. The van der Waals surface area contributed by atoms with Gasteiger partial charge in [-0.25, -0.2) is 13.2 Å². The molecule has 0 bridgehead atoms. The van der Waals surface area contributed by atoms with Gasteiger partial charge in [0.2, 0.25) is 10.0 Å². The maximum Gasteiger partial charge on any atom is 0.338 e. The summed E-state index contributed by atoms with van der Waals surface area (Å²) in [6.07, 6.45) is 1.14. The van der Waals surface area contributed by atoms with E-state index in [4.69, 9.17) is 10.5 Å². The SMILES string of the molecule is Cc1c([C@H](CN)N(C)S(C)(=O)=O)ccc2c1COC2=O. The average Bonchev–Trinajstić information content (AvgIpc) is 2.74. The molecule has 6 nitrogen and oxygen atoms in total. The van der Waals surface area contributed by atoms with Crippen LogP contribution >= 0.6 is 0 Å². The highest BCUT2D eigenvalue weighted by molar-refractivity contribution is 7.88. The molecule has 1 aromatic rings. The number of carbonyl (C=O) groups is 1. The molecule has 2 rings (SSSR count). The Balaban J connectivity index is 2.50. The molecule has 1 aliphatic rings. The Hall–Kier alpha value is -1.44. The summed E-state index contributed by atoms with van der Waals surface area (Å²) in [4.78, 5) is 11.5. The van der Waals surface area contributed by atoms with Crippen molar-refractivity contribution in [1.82, 2.24) is 4.31 Å². The van der Waals surface area contributed by atoms with Gasteiger partial charge in [0.05, 0.1) is 17.9 Å². The molecule has 20 heavy (non-hydrogen) atoms. The number of cyclic esters (lactones) is 1. The minimum absolute atomic E-state index is 0.165. The fraction of sp³-hybridized carbons (Fsp3) is 0.462. The van der Waals surface area contributed by atoms with Crippen LogP contribution in [0.15, 0.2) is 12.1 Å². The Bertz CT molecular complexity index is 655. The Kier molecular flexibility index (Phi) is 3.86. The Labute approximate surface area is 118 Å². The van der Waals surface area contributed by atoms with Crippen LogP contribution in [0.25, 0.3) is 0 Å². The monoisotopic (exact) mass is 298 g/mol. The van der Waals surface area contributed by atoms with E-state index in [0.717, 1.165) is 22.9 Å². The second kappa shape index (κ2) is 5.16. The summed E-state index contributed by atoms with van der Waals surface area (Å²) in [5.41, 5.74) is 8.76. The number of nitrogens with two attached hydrogens (primary N) is 1. The summed E-state index contributed by atoms with van der Waals surface area (Å²) in [6, 6.07) is 2.97. The highest BCUT2D eigenvalue weighted by Crippen LogP contribution is 2.31. The maximum absolute atomic E-state index is 11.7. The topological polar surface area (TPSA) is 89.7 Å². The van der Waals surface area contributed by atoms with Gasteiger partial charge in [0.25, 0.3) is 0 Å². The molecular weight excluding hydrogens is 280 g/mol. The summed E-state index contributed by atoms with van der Waals surface area (Å²) in [6.45, 7) is 2.25. The molecule has 1 atom stereocenters. The Morgan fingerprint density at radius 3 is 2.65 bits per heavy atom. The second-order valence-corrected chi connectivity index (χ2v) is 6.95. The van der Waals surface area contributed by atoms with E-state index in [9.17, 15) is 13.2 Å². The number of rotatable bonds is 4. The predicted octanol–water partition coefficient (Wildman–Crippen LogP) is 0.557. The van der Waals surface area contributed by atoms with Gasteiger partial charge in [-0.3, -0.25) is 0 Å². The number of sulfonamides is 1. The van der Waals surface area contributed by atoms with Crippen molar-refractivity contribution in [2.24, 2.45) is 5.73 Å². The molecule has 0 saturated carbocycles. The van der Waals surface area contributed by atoms with Crippen LogP contribution in [0.5, 0.6) is 0 Å². The molecule has 0 amide bonds. The van der Waals surface area contributed by atoms with Crippen LogP contribution in [-0.4, -0.2) is 38.5 Å². The lowest BCUT2D eigenvalue weighted by Gasteiger charge is -2.27. The average molecular weight is 298 g/mol. The number of fused-ring (bicyclic) bond motifs is 1. The summed E-state index contributed by atoms with van der Waals surface area (Å²) in [5.74, 6) is -0.338. The van der Waals surface area contributed by atoms with Crippen LogP contribution in [0.4, 0.5) is 0 Å². The van der Waals surface area contributed by atoms with Gasteiger partial charge in [-0.1, -0.05) is 6.07 Å². The minimum Gasteiger partial charge on any atom is -0.457 e. The van der Waals surface area contributed by atoms with Crippen LogP contribution in [0, 0.1) is 6.92 Å². The third-order valence-corrected chi connectivity index (χ3v) is 5.05. The first-order valence-corrected chi connectivity index (χ1v) is 8.04. The zero-order valence-electron chi connectivity index (χ0n) is 11.7. The summed E-state index contributed by atoms with van der Waals surface area (Å²) < 4.78 is 29.6. The molecule has 110 valence electrons. The first-order chi connectivity index (χ1) is 9.27. The smallest absolute Gasteiger partial charge is 0.338 e. The van der Waals surface area contributed by atoms with Crippen molar-refractivity contribution in [3.63, 3.8) is 0 Å². The van der Waals surface area contributed by atoms with Crippen molar-refractivity contribution in [1.29, 1.82) is 0 Å². The van der Waals surface area contributed by atoms with Gasteiger partial charge >= 0.3 is 5.97 Å². The van der Waals surface area contributed by atoms with E-state index in [-0.39, 0.29) is 19.1 Å². The Morgan fingerprint density at radius 1 is 1.45 bits per heavy atom. The van der Waals surface area contributed by atoms with Crippen LogP contribution in [-0.2, 0) is 21.4 Å². The normalized spacial score (nSPS) is 16.1. The molecule has 1 aliphatic heterocycles. The van der Waals surface area contributed by atoms with E-state index in [1.54, 1.807) is 12.1 Å². The molecular formula is C13H18N2O4S. The largest absolute Gasteiger partial charge is 0.457 e. The zero-order valence-corrected chi connectivity index (χ0v) is 12.5. The van der Waals surface area contributed by atoms with Gasteiger partial charge in [-0.2, -0.15) is 4.31 Å². The maximum atomic E-state index is 11.7. The minimum atomic E-state index is -3.35. The number of esters is 1. The third kappa shape index (κ3) is 2.44. The second-order valence-electron chi connectivity index (χ2n) is 4.91. The Morgan fingerprint density at radius 2 is 2.10 bits per heavy atom. The van der Waals surface area contributed by atoms with Crippen molar-refractivity contribution in [3.05, 3.63) is 34.4 Å². The quantitative estimate of drug-likeness (QED) is 0.820. The summed E-state index contributed by atoms with van der Waals surface area (Å²) in [5, 5.41) is 0. The van der Waals surface area contributed by atoms with E-state index in [1.807, 2.05) is 6.92 Å². The zero-order chi connectivity index (χ0) is 15.1.